The van der Waals surface area contributed by atoms with E-state index in [2.05, 4.69) is 9.36 Å². The Morgan fingerprint density at radius 2 is 1.90 bits per heavy atom. The SMILES string of the molecule is O=C(c1ccccc1)c1cccc2c1nc1sncn12. The van der Waals surface area contributed by atoms with Crippen molar-refractivity contribution in [3.8, 4) is 0 Å². The Hall–Kier alpha value is -2.53. The van der Waals surface area contributed by atoms with Gasteiger partial charge in [-0.05, 0) is 12.1 Å². The van der Waals surface area contributed by atoms with Crippen molar-refractivity contribution in [2.75, 3.05) is 0 Å². The molecule has 2 aromatic carbocycles. The number of hydrogen-bond acceptors (Lipinski definition) is 4. The molecule has 0 spiro atoms. The Kier molecular flexibility index (Phi) is 2.40. The van der Waals surface area contributed by atoms with Gasteiger partial charge >= 0.3 is 0 Å². The highest BCUT2D eigenvalue weighted by molar-refractivity contribution is 7.11. The molecule has 0 aliphatic rings. The van der Waals surface area contributed by atoms with Gasteiger partial charge in [-0.25, -0.2) is 4.98 Å². The van der Waals surface area contributed by atoms with Crippen molar-refractivity contribution in [2.24, 2.45) is 0 Å². The first-order valence-corrected chi connectivity index (χ1v) is 6.93. The van der Waals surface area contributed by atoms with E-state index in [0.29, 0.717) is 11.1 Å². The van der Waals surface area contributed by atoms with Crippen LogP contribution in [-0.4, -0.2) is 19.5 Å². The standard InChI is InChI=1S/C15H9N3OS/c19-14(10-5-2-1-3-6-10)11-7-4-8-12-13(11)17-15-18(12)9-16-20-15/h1-9H. The zero-order valence-electron chi connectivity index (χ0n) is 10.4. The maximum atomic E-state index is 12.6. The third-order valence-electron chi connectivity index (χ3n) is 3.27. The van der Waals surface area contributed by atoms with E-state index in [1.807, 2.05) is 52.9 Å². The number of ketones is 1. The number of rotatable bonds is 2. The second-order valence-corrected chi connectivity index (χ2v) is 5.20. The van der Waals surface area contributed by atoms with Crippen LogP contribution in [0.15, 0.2) is 54.9 Å². The normalized spacial score (nSPS) is 11.2. The fraction of sp³-hybridized carbons (Fsp3) is 0. The number of aromatic nitrogens is 3. The molecule has 4 rings (SSSR count). The van der Waals surface area contributed by atoms with Crippen LogP contribution < -0.4 is 0 Å². The van der Waals surface area contributed by atoms with Crippen molar-refractivity contribution < 1.29 is 4.79 Å². The van der Waals surface area contributed by atoms with Crippen molar-refractivity contribution in [2.45, 2.75) is 0 Å². The van der Waals surface area contributed by atoms with Gasteiger partial charge in [-0.1, -0.05) is 36.4 Å². The number of fused-ring (bicyclic) bond motifs is 3. The molecule has 0 aliphatic heterocycles. The van der Waals surface area contributed by atoms with Crippen LogP contribution in [0.4, 0.5) is 0 Å². The zero-order chi connectivity index (χ0) is 13.5. The van der Waals surface area contributed by atoms with E-state index in [-0.39, 0.29) is 5.78 Å². The highest BCUT2D eigenvalue weighted by Gasteiger charge is 2.16. The number of nitrogens with zero attached hydrogens (tertiary/aromatic N) is 3. The van der Waals surface area contributed by atoms with Gasteiger partial charge in [0, 0.05) is 17.1 Å². The molecule has 0 atom stereocenters. The highest BCUT2D eigenvalue weighted by Crippen LogP contribution is 2.23. The van der Waals surface area contributed by atoms with Gasteiger partial charge in [-0.2, -0.15) is 4.37 Å². The van der Waals surface area contributed by atoms with Gasteiger partial charge < -0.3 is 0 Å². The van der Waals surface area contributed by atoms with E-state index in [9.17, 15) is 4.79 Å². The van der Waals surface area contributed by atoms with Gasteiger partial charge in [-0.15, -0.1) is 0 Å². The second kappa shape index (κ2) is 4.25. The van der Waals surface area contributed by atoms with E-state index in [4.69, 9.17) is 0 Å². The predicted octanol–water partition coefficient (Wildman–Crippen LogP) is 3.18. The molecule has 0 N–H and O–H groups in total. The first-order chi connectivity index (χ1) is 9.84. The first-order valence-electron chi connectivity index (χ1n) is 6.16. The van der Waals surface area contributed by atoms with Crippen molar-refractivity contribution in [3.05, 3.63) is 66.0 Å². The quantitative estimate of drug-likeness (QED) is 0.529. The summed E-state index contributed by atoms with van der Waals surface area (Å²) in [6.07, 6.45) is 1.73. The zero-order valence-corrected chi connectivity index (χ0v) is 11.2. The molecule has 4 aromatic rings. The molecule has 96 valence electrons. The highest BCUT2D eigenvalue weighted by atomic mass is 32.1. The molecule has 2 aromatic heterocycles. The van der Waals surface area contributed by atoms with Gasteiger partial charge in [0.25, 0.3) is 0 Å². The van der Waals surface area contributed by atoms with Crippen LogP contribution in [0.2, 0.25) is 0 Å². The monoisotopic (exact) mass is 279 g/mol. The topological polar surface area (TPSA) is 47.3 Å². The summed E-state index contributed by atoms with van der Waals surface area (Å²) in [4.78, 5) is 17.9. The minimum Gasteiger partial charge on any atom is -0.289 e. The number of carbonyl (C=O) groups is 1. The molecule has 0 saturated carbocycles. The van der Waals surface area contributed by atoms with Crippen LogP contribution in [0, 0.1) is 0 Å². The summed E-state index contributed by atoms with van der Waals surface area (Å²) < 4.78 is 6.01. The van der Waals surface area contributed by atoms with Crippen molar-refractivity contribution >= 4 is 33.3 Å². The predicted molar refractivity (Wildman–Crippen MR) is 78.2 cm³/mol. The summed E-state index contributed by atoms with van der Waals surface area (Å²) in [5.74, 6) is -0.00471. The van der Waals surface area contributed by atoms with E-state index < -0.39 is 0 Å². The smallest absolute Gasteiger partial charge is 0.214 e. The fourth-order valence-corrected chi connectivity index (χ4v) is 2.92. The average molecular weight is 279 g/mol. The molecular formula is C15H9N3OS. The summed E-state index contributed by atoms with van der Waals surface area (Å²) in [7, 11) is 0. The van der Waals surface area contributed by atoms with Crippen molar-refractivity contribution in [1.82, 2.24) is 13.8 Å². The Labute approximate surface area is 118 Å². The Morgan fingerprint density at radius 3 is 2.75 bits per heavy atom. The lowest BCUT2D eigenvalue weighted by molar-refractivity contribution is 0.104. The molecule has 4 nitrogen and oxygen atoms in total. The third kappa shape index (κ3) is 1.57. The van der Waals surface area contributed by atoms with E-state index in [0.717, 1.165) is 16.0 Å². The molecule has 2 heterocycles. The molecule has 0 radical (unpaired) electrons. The Bertz CT molecular complexity index is 924. The molecule has 0 aliphatic carbocycles. The van der Waals surface area contributed by atoms with Crippen LogP contribution >= 0.6 is 11.5 Å². The van der Waals surface area contributed by atoms with E-state index in [1.54, 1.807) is 6.33 Å². The summed E-state index contributed by atoms with van der Waals surface area (Å²) in [6, 6.07) is 14.9. The molecular weight excluding hydrogens is 270 g/mol. The van der Waals surface area contributed by atoms with E-state index in [1.165, 1.54) is 11.5 Å². The lowest BCUT2D eigenvalue weighted by Gasteiger charge is -2.01. The third-order valence-corrected chi connectivity index (χ3v) is 3.92. The summed E-state index contributed by atoms with van der Waals surface area (Å²) in [6.45, 7) is 0. The lowest BCUT2D eigenvalue weighted by Crippen LogP contribution is -2.01. The summed E-state index contributed by atoms with van der Waals surface area (Å²) in [5, 5.41) is 0. The largest absolute Gasteiger partial charge is 0.289 e. The molecule has 0 amide bonds. The summed E-state index contributed by atoms with van der Waals surface area (Å²) in [5.41, 5.74) is 2.95. The van der Waals surface area contributed by atoms with Crippen molar-refractivity contribution in [3.63, 3.8) is 0 Å². The molecule has 0 fully saturated rings. The van der Waals surface area contributed by atoms with E-state index >= 15 is 0 Å². The average Bonchev–Trinajstić information content (AvgIpc) is 3.08. The number of imidazole rings is 1. The van der Waals surface area contributed by atoms with Gasteiger partial charge in [0.05, 0.1) is 11.1 Å². The van der Waals surface area contributed by atoms with Crippen LogP contribution in [0.25, 0.3) is 16.0 Å². The molecule has 0 bridgehead atoms. The number of benzene rings is 2. The molecule has 20 heavy (non-hydrogen) atoms. The van der Waals surface area contributed by atoms with Crippen molar-refractivity contribution in [1.29, 1.82) is 0 Å². The van der Waals surface area contributed by atoms with Gasteiger partial charge in [0.2, 0.25) is 4.96 Å². The van der Waals surface area contributed by atoms with Gasteiger partial charge in [-0.3, -0.25) is 9.20 Å². The second-order valence-electron chi connectivity index (χ2n) is 4.45. The first kappa shape index (κ1) is 11.3. The van der Waals surface area contributed by atoms with Crippen LogP contribution in [0.1, 0.15) is 15.9 Å². The molecule has 0 saturated heterocycles. The minimum absolute atomic E-state index is 0.00471. The molecule has 5 heteroatoms. The van der Waals surface area contributed by atoms with Crippen LogP contribution in [0.3, 0.4) is 0 Å². The maximum absolute atomic E-state index is 12.6. The number of carbonyl (C=O) groups excluding carboxylic acids is 1. The van der Waals surface area contributed by atoms with Crippen LogP contribution in [0.5, 0.6) is 0 Å². The van der Waals surface area contributed by atoms with Crippen LogP contribution in [-0.2, 0) is 0 Å². The summed E-state index contributed by atoms with van der Waals surface area (Å²) >= 11 is 1.32. The number of hydrogen-bond donors (Lipinski definition) is 0. The lowest BCUT2D eigenvalue weighted by atomic mass is 10.0. The van der Waals surface area contributed by atoms with Gasteiger partial charge in [0.1, 0.15) is 11.8 Å². The Morgan fingerprint density at radius 1 is 1.05 bits per heavy atom. The van der Waals surface area contributed by atoms with Gasteiger partial charge in [0.15, 0.2) is 5.78 Å². The molecule has 0 unspecified atom stereocenters. The number of para-hydroxylation sites is 1. The minimum atomic E-state index is -0.00471. The maximum Gasteiger partial charge on any atom is 0.214 e. The Balaban J connectivity index is 1.98. The fourth-order valence-electron chi connectivity index (χ4n) is 2.32.